The maximum absolute atomic E-state index is 12.1. The van der Waals surface area contributed by atoms with Crippen LogP contribution in [0.3, 0.4) is 0 Å². The molecule has 1 aromatic heterocycles. The number of aromatic amines is 1. The standard InChI is InChI=1S/C16H18N2O3/c1-10-12(11-4-2-3-5-13(11)18-10)8-14(19)17-9-16(6-7-16)15(20)21/h2-5,18H,6-9H2,1H3,(H,17,19)(H,20,21). The zero-order valence-electron chi connectivity index (χ0n) is 11.9. The fourth-order valence-electron chi connectivity index (χ4n) is 2.67. The van der Waals surface area contributed by atoms with Crippen molar-refractivity contribution in [2.45, 2.75) is 26.2 Å². The first-order valence-electron chi connectivity index (χ1n) is 7.08. The summed E-state index contributed by atoms with van der Waals surface area (Å²) in [5.41, 5.74) is 2.25. The predicted octanol–water partition coefficient (Wildman–Crippen LogP) is 2.00. The van der Waals surface area contributed by atoms with Gasteiger partial charge in [-0.1, -0.05) is 18.2 Å². The number of hydrogen-bond donors (Lipinski definition) is 3. The maximum atomic E-state index is 12.1. The van der Waals surface area contributed by atoms with Crippen LogP contribution in [0, 0.1) is 12.3 Å². The number of rotatable bonds is 5. The summed E-state index contributed by atoms with van der Waals surface area (Å²) < 4.78 is 0. The normalized spacial score (nSPS) is 15.9. The molecule has 0 atom stereocenters. The van der Waals surface area contributed by atoms with E-state index in [1.807, 2.05) is 31.2 Å². The molecular formula is C16H18N2O3. The smallest absolute Gasteiger partial charge is 0.311 e. The third kappa shape index (κ3) is 2.51. The van der Waals surface area contributed by atoms with Crippen LogP contribution >= 0.6 is 0 Å². The number of fused-ring (bicyclic) bond motifs is 1. The van der Waals surface area contributed by atoms with Crippen molar-refractivity contribution in [1.29, 1.82) is 0 Å². The van der Waals surface area contributed by atoms with Crippen LogP contribution in [-0.2, 0) is 16.0 Å². The third-order valence-corrected chi connectivity index (χ3v) is 4.30. The number of nitrogens with one attached hydrogen (secondary N) is 2. The number of carbonyl (C=O) groups excluding carboxylic acids is 1. The van der Waals surface area contributed by atoms with Crippen LogP contribution in [0.4, 0.5) is 0 Å². The second-order valence-electron chi connectivity index (χ2n) is 5.81. The Bertz CT molecular complexity index is 713. The number of benzene rings is 1. The minimum Gasteiger partial charge on any atom is -0.481 e. The van der Waals surface area contributed by atoms with Crippen molar-refractivity contribution in [3.63, 3.8) is 0 Å². The summed E-state index contributed by atoms with van der Waals surface area (Å²) in [5.74, 6) is -0.943. The van der Waals surface area contributed by atoms with Crippen molar-refractivity contribution in [3.05, 3.63) is 35.5 Å². The molecule has 5 nitrogen and oxygen atoms in total. The van der Waals surface area contributed by atoms with Gasteiger partial charge in [-0.2, -0.15) is 0 Å². The molecule has 110 valence electrons. The van der Waals surface area contributed by atoms with Gasteiger partial charge in [-0.25, -0.2) is 0 Å². The first-order valence-corrected chi connectivity index (χ1v) is 7.08. The topological polar surface area (TPSA) is 82.2 Å². The molecule has 3 N–H and O–H groups in total. The summed E-state index contributed by atoms with van der Waals surface area (Å²) >= 11 is 0. The molecular weight excluding hydrogens is 268 g/mol. The molecule has 1 aromatic carbocycles. The number of amides is 1. The molecule has 3 rings (SSSR count). The number of para-hydroxylation sites is 1. The average molecular weight is 286 g/mol. The van der Waals surface area contributed by atoms with Gasteiger partial charge >= 0.3 is 5.97 Å². The number of carboxylic acids is 1. The molecule has 1 aliphatic carbocycles. The van der Waals surface area contributed by atoms with Crippen molar-refractivity contribution < 1.29 is 14.7 Å². The number of H-pyrrole nitrogens is 1. The van der Waals surface area contributed by atoms with E-state index in [0.717, 1.165) is 22.2 Å². The molecule has 21 heavy (non-hydrogen) atoms. The summed E-state index contributed by atoms with van der Waals surface area (Å²) in [6.07, 6.45) is 1.56. The zero-order valence-corrected chi connectivity index (χ0v) is 11.9. The summed E-state index contributed by atoms with van der Waals surface area (Å²) in [5, 5.41) is 12.9. The molecule has 0 unspecified atom stereocenters. The monoisotopic (exact) mass is 286 g/mol. The molecule has 1 amide bonds. The van der Waals surface area contributed by atoms with Crippen LogP contribution in [0.1, 0.15) is 24.1 Å². The molecule has 0 aliphatic heterocycles. The Morgan fingerprint density at radius 3 is 2.71 bits per heavy atom. The summed E-state index contributed by atoms with van der Waals surface area (Å²) in [4.78, 5) is 26.4. The van der Waals surface area contributed by atoms with E-state index in [2.05, 4.69) is 10.3 Å². The molecule has 5 heteroatoms. The highest BCUT2D eigenvalue weighted by Crippen LogP contribution is 2.45. The van der Waals surface area contributed by atoms with Crippen LogP contribution in [0.15, 0.2) is 24.3 Å². The highest BCUT2D eigenvalue weighted by Gasteiger charge is 2.50. The molecule has 0 spiro atoms. The molecule has 0 bridgehead atoms. The Hall–Kier alpha value is -2.30. The molecule has 2 aromatic rings. The Morgan fingerprint density at radius 2 is 2.05 bits per heavy atom. The molecule has 0 radical (unpaired) electrons. The van der Waals surface area contributed by atoms with Gasteiger partial charge in [-0.05, 0) is 31.4 Å². The highest BCUT2D eigenvalue weighted by atomic mass is 16.4. The third-order valence-electron chi connectivity index (χ3n) is 4.30. The summed E-state index contributed by atoms with van der Waals surface area (Å²) in [6, 6.07) is 7.86. The van der Waals surface area contributed by atoms with E-state index in [0.29, 0.717) is 12.8 Å². The fraction of sp³-hybridized carbons (Fsp3) is 0.375. The lowest BCUT2D eigenvalue weighted by Crippen LogP contribution is -2.35. The SMILES string of the molecule is Cc1[nH]c2ccccc2c1CC(=O)NCC1(C(=O)O)CC1. The van der Waals surface area contributed by atoms with Crippen LogP contribution in [0.5, 0.6) is 0 Å². The molecule has 1 fully saturated rings. The van der Waals surface area contributed by atoms with Gasteiger partial charge in [0.2, 0.25) is 5.91 Å². The zero-order chi connectivity index (χ0) is 15.0. The molecule has 1 aliphatic rings. The van der Waals surface area contributed by atoms with Gasteiger partial charge < -0.3 is 15.4 Å². The van der Waals surface area contributed by atoms with Crippen LogP contribution in [0.25, 0.3) is 10.9 Å². The van der Waals surface area contributed by atoms with Gasteiger partial charge in [0.15, 0.2) is 0 Å². The lowest BCUT2D eigenvalue weighted by atomic mass is 10.1. The Labute approximate surface area is 122 Å². The number of aryl methyl sites for hydroxylation is 1. The van der Waals surface area contributed by atoms with Crippen LogP contribution < -0.4 is 5.32 Å². The fourth-order valence-corrected chi connectivity index (χ4v) is 2.67. The van der Waals surface area contributed by atoms with Crippen molar-refractivity contribution in [2.24, 2.45) is 5.41 Å². The van der Waals surface area contributed by atoms with Gasteiger partial charge in [0.1, 0.15) is 0 Å². The number of aliphatic carboxylic acids is 1. The molecule has 0 saturated heterocycles. The summed E-state index contributed by atoms with van der Waals surface area (Å²) in [6.45, 7) is 2.17. The first kappa shape index (κ1) is 13.7. The van der Waals surface area contributed by atoms with E-state index < -0.39 is 11.4 Å². The van der Waals surface area contributed by atoms with E-state index in [9.17, 15) is 9.59 Å². The van der Waals surface area contributed by atoms with E-state index >= 15 is 0 Å². The Kier molecular flexibility index (Phi) is 3.20. The molecule has 1 saturated carbocycles. The van der Waals surface area contributed by atoms with E-state index in [1.165, 1.54) is 0 Å². The minimum atomic E-state index is -0.814. The van der Waals surface area contributed by atoms with Crippen molar-refractivity contribution in [3.8, 4) is 0 Å². The van der Waals surface area contributed by atoms with Crippen molar-refractivity contribution in [1.82, 2.24) is 10.3 Å². The molecule has 1 heterocycles. The summed E-state index contributed by atoms with van der Waals surface area (Å²) in [7, 11) is 0. The van der Waals surface area contributed by atoms with Crippen molar-refractivity contribution >= 4 is 22.8 Å². The first-order chi connectivity index (χ1) is 10.0. The second-order valence-corrected chi connectivity index (χ2v) is 5.81. The average Bonchev–Trinajstić information content (AvgIpc) is 3.19. The van der Waals surface area contributed by atoms with Crippen molar-refractivity contribution in [2.75, 3.05) is 6.54 Å². The van der Waals surface area contributed by atoms with Gasteiger partial charge in [0.25, 0.3) is 0 Å². The van der Waals surface area contributed by atoms with E-state index in [-0.39, 0.29) is 18.9 Å². The number of hydrogen-bond acceptors (Lipinski definition) is 2. The van der Waals surface area contributed by atoms with Gasteiger partial charge in [0.05, 0.1) is 11.8 Å². The van der Waals surface area contributed by atoms with Crippen LogP contribution in [-0.4, -0.2) is 28.5 Å². The quantitative estimate of drug-likeness (QED) is 0.786. The Balaban J connectivity index is 1.69. The second kappa shape index (κ2) is 4.91. The van der Waals surface area contributed by atoms with E-state index in [4.69, 9.17) is 5.11 Å². The largest absolute Gasteiger partial charge is 0.481 e. The predicted molar refractivity (Wildman–Crippen MR) is 79.1 cm³/mol. The number of carbonyl (C=O) groups is 2. The number of carboxylic acid groups (broad SMARTS) is 1. The van der Waals surface area contributed by atoms with Gasteiger partial charge in [0, 0.05) is 23.1 Å². The lowest BCUT2D eigenvalue weighted by Gasteiger charge is -2.11. The lowest BCUT2D eigenvalue weighted by molar-refractivity contribution is -0.143. The van der Waals surface area contributed by atoms with Gasteiger partial charge in [-0.15, -0.1) is 0 Å². The van der Waals surface area contributed by atoms with Gasteiger partial charge in [-0.3, -0.25) is 9.59 Å². The van der Waals surface area contributed by atoms with E-state index in [1.54, 1.807) is 0 Å². The maximum Gasteiger partial charge on any atom is 0.311 e. The highest BCUT2D eigenvalue weighted by molar-refractivity contribution is 5.90. The number of aromatic nitrogens is 1. The minimum absolute atomic E-state index is 0.129. The van der Waals surface area contributed by atoms with Crippen LogP contribution in [0.2, 0.25) is 0 Å². The Morgan fingerprint density at radius 1 is 1.33 bits per heavy atom.